The molecule has 0 saturated carbocycles. The maximum atomic E-state index is 15.2. The van der Waals surface area contributed by atoms with Gasteiger partial charge in [-0.25, -0.2) is 32.7 Å². The van der Waals surface area contributed by atoms with Crippen LogP contribution in [-0.4, -0.2) is 63.2 Å². The number of carbonyl (C=O) groups excluding carboxylic acids is 2. The van der Waals surface area contributed by atoms with Crippen molar-refractivity contribution in [2.75, 3.05) is 36.0 Å². The van der Waals surface area contributed by atoms with Crippen molar-refractivity contribution in [3.8, 4) is 5.69 Å². The molecule has 4 heterocycles. The maximum Gasteiger partial charge on any atom is 0.414 e. The van der Waals surface area contributed by atoms with Gasteiger partial charge in [0.25, 0.3) is 0 Å². The third-order valence-electron chi connectivity index (χ3n) is 6.24. The molecule has 1 unspecified atom stereocenters. The van der Waals surface area contributed by atoms with Gasteiger partial charge in [-0.05, 0) is 30.3 Å². The molecule has 2 amide bonds. The first kappa shape index (κ1) is 23.3. The molecular weight excluding hydrogens is 473 g/mol. The second-order valence-electron chi connectivity index (χ2n) is 8.53. The van der Waals surface area contributed by atoms with Gasteiger partial charge in [-0.2, -0.15) is 0 Å². The highest BCUT2D eigenvalue weighted by Gasteiger charge is 2.33. The fraction of sp³-hybridized carbons (Fsp3) is 0.348. The molecule has 0 bridgehead atoms. The first-order valence-corrected chi connectivity index (χ1v) is 11.4. The fourth-order valence-corrected chi connectivity index (χ4v) is 4.47. The number of cyclic esters (lactones) is 1. The lowest BCUT2D eigenvalue weighted by Crippen LogP contribution is -2.33. The zero-order chi connectivity index (χ0) is 25.4. The van der Waals surface area contributed by atoms with Gasteiger partial charge < -0.3 is 15.0 Å². The SMILES string of the molecule is CC(=O)NCC1CN(c2ccc(N3CCn4c(=O)n(-c5ccncc5)c(=O)n4CC3)c(F)c2)C(=O)O1. The van der Waals surface area contributed by atoms with E-state index in [0.717, 1.165) is 4.57 Å². The van der Waals surface area contributed by atoms with Crippen LogP contribution < -0.4 is 26.5 Å². The lowest BCUT2D eigenvalue weighted by Gasteiger charge is -2.23. The predicted molar refractivity (Wildman–Crippen MR) is 127 cm³/mol. The second-order valence-corrected chi connectivity index (χ2v) is 8.53. The number of nitrogens with one attached hydrogen (secondary N) is 1. The summed E-state index contributed by atoms with van der Waals surface area (Å²) in [6.07, 6.45) is 1.87. The second kappa shape index (κ2) is 9.32. The molecule has 1 aromatic carbocycles. The van der Waals surface area contributed by atoms with E-state index in [9.17, 15) is 19.2 Å². The predicted octanol–water partition coefficient (Wildman–Crippen LogP) is 0.316. The summed E-state index contributed by atoms with van der Waals surface area (Å²) in [5.41, 5.74) is 0.139. The summed E-state index contributed by atoms with van der Waals surface area (Å²) >= 11 is 0. The maximum absolute atomic E-state index is 15.2. The standard InChI is InChI=1S/C23H24FN7O5/c1-15(32)26-13-18-14-28(23(35)36-18)17-2-3-20(19(24)12-17)27-8-10-29-21(33)31(16-4-6-25-7-5-16)22(34)30(29)11-9-27/h2-7,12,18H,8-11,13-14H2,1H3,(H,26,32). The number of benzene rings is 1. The molecule has 1 N–H and O–H groups in total. The molecule has 2 aliphatic rings. The van der Waals surface area contributed by atoms with Crippen molar-refractivity contribution >= 4 is 23.4 Å². The molecule has 1 saturated heterocycles. The Balaban J connectivity index is 1.32. The van der Waals surface area contributed by atoms with Crippen LogP contribution in [0.15, 0.2) is 52.3 Å². The van der Waals surface area contributed by atoms with Gasteiger partial charge in [-0.1, -0.05) is 0 Å². The van der Waals surface area contributed by atoms with Gasteiger partial charge in [-0.15, -0.1) is 0 Å². The Kier molecular flexibility index (Phi) is 6.04. The number of ether oxygens (including phenoxy) is 1. The van der Waals surface area contributed by atoms with Crippen LogP contribution in [0.3, 0.4) is 0 Å². The molecule has 188 valence electrons. The molecule has 12 nitrogen and oxygen atoms in total. The molecule has 1 atom stereocenters. The molecule has 36 heavy (non-hydrogen) atoms. The molecule has 0 radical (unpaired) electrons. The number of amides is 2. The van der Waals surface area contributed by atoms with Crippen LogP contribution >= 0.6 is 0 Å². The minimum absolute atomic E-state index is 0.176. The lowest BCUT2D eigenvalue weighted by atomic mass is 10.2. The van der Waals surface area contributed by atoms with Gasteiger partial charge in [0.15, 0.2) is 0 Å². The van der Waals surface area contributed by atoms with E-state index in [4.69, 9.17) is 4.74 Å². The highest BCUT2D eigenvalue weighted by molar-refractivity contribution is 5.90. The van der Waals surface area contributed by atoms with Gasteiger partial charge in [-0.3, -0.25) is 14.7 Å². The number of hydrogen-bond acceptors (Lipinski definition) is 7. The van der Waals surface area contributed by atoms with E-state index in [2.05, 4.69) is 10.3 Å². The number of carbonyl (C=O) groups is 2. The van der Waals surface area contributed by atoms with Crippen LogP contribution in [0.4, 0.5) is 20.6 Å². The first-order chi connectivity index (χ1) is 17.3. The van der Waals surface area contributed by atoms with Gasteiger partial charge in [0.05, 0.1) is 43.2 Å². The molecular formula is C23H24FN7O5. The average molecular weight is 497 g/mol. The monoisotopic (exact) mass is 497 g/mol. The summed E-state index contributed by atoms with van der Waals surface area (Å²) in [5.74, 6) is -0.777. The number of halogens is 1. The summed E-state index contributed by atoms with van der Waals surface area (Å²) in [6, 6.07) is 7.62. The Labute approximate surface area is 204 Å². The van der Waals surface area contributed by atoms with E-state index in [1.54, 1.807) is 29.2 Å². The summed E-state index contributed by atoms with van der Waals surface area (Å²) < 4.78 is 24.2. The Bertz CT molecular complexity index is 1390. The van der Waals surface area contributed by atoms with E-state index in [1.807, 2.05) is 0 Å². The van der Waals surface area contributed by atoms with Crippen molar-refractivity contribution in [3.63, 3.8) is 0 Å². The minimum atomic E-state index is -0.614. The van der Waals surface area contributed by atoms with Crippen LogP contribution in [0.2, 0.25) is 0 Å². The van der Waals surface area contributed by atoms with Gasteiger partial charge in [0, 0.05) is 32.4 Å². The third-order valence-corrected chi connectivity index (χ3v) is 6.24. The zero-order valence-electron chi connectivity index (χ0n) is 19.5. The summed E-state index contributed by atoms with van der Waals surface area (Å²) in [7, 11) is 0. The normalized spacial score (nSPS) is 17.5. The Morgan fingerprint density at radius 3 is 2.31 bits per heavy atom. The van der Waals surface area contributed by atoms with Crippen molar-refractivity contribution in [2.24, 2.45) is 0 Å². The third kappa shape index (κ3) is 4.23. The number of anilines is 2. The lowest BCUT2D eigenvalue weighted by molar-refractivity contribution is -0.119. The number of rotatable bonds is 5. The van der Waals surface area contributed by atoms with Crippen LogP contribution in [0.25, 0.3) is 5.69 Å². The highest BCUT2D eigenvalue weighted by Crippen LogP contribution is 2.28. The first-order valence-electron chi connectivity index (χ1n) is 11.4. The van der Waals surface area contributed by atoms with E-state index < -0.39 is 29.4 Å². The van der Waals surface area contributed by atoms with Crippen molar-refractivity contribution in [2.45, 2.75) is 26.1 Å². The Morgan fingerprint density at radius 2 is 1.69 bits per heavy atom. The van der Waals surface area contributed by atoms with Crippen LogP contribution in [0, 0.1) is 5.82 Å². The number of pyridine rings is 1. The average Bonchev–Trinajstić information content (AvgIpc) is 3.23. The molecule has 1 fully saturated rings. The van der Waals surface area contributed by atoms with Crippen LogP contribution in [0.5, 0.6) is 0 Å². The molecule has 0 spiro atoms. The van der Waals surface area contributed by atoms with Crippen LogP contribution in [0.1, 0.15) is 6.92 Å². The largest absolute Gasteiger partial charge is 0.442 e. The van der Waals surface area contributed by atoms with Crippen molar-refractivity contribution in [1.82, 2.24) is 24.2 Å². The van der Waals surface area contributed by atoms with E-state index >= 15 is 4.39 Å². The molecule has 0 aliphatic carbocycles. The smallest absolute Gasteiger partial charge is 0.414 e. The zero-order valence-corrected chi connectivity index (χ0v) is 19.5. The topological polar surface area (TPSA) is 124 Å². The van der Waals surface area contributed by atoms with E-state index in [-0.39, 0.29) is 32.1 Å². The summed E-state index contributed by atoms with van der Waals surface area (Å²) in [6.45, 7) is 2.72. The van der Waals surface area contributed by atoms with E-state index in [1.165, 1.54) is 39.6 Å². The highest BCUT2D eigenvalue weighted by atomic mass is 19.1. The molecule has 2 aromatic heterocycles. The van der Waals surface area contributed by atoms with Crippen molar-refractivity contribution in [3.05, 3.63) is 69.5 Å². The number of aromatic nitrogens is 4. The van der Waals surface area contributed by atoms with Gasteiger partial charge in [0.2, 0.25) is 5.91 Å². The number of fused-ring (bicyclic) bond motifs is 1. The fourth-order valence-electron chi connectivity index (χ4n) is 4.47. The minimum Gasteiger partial charge on any atom is -0.442 e. The molecule has 13 heteroatoms. The molecule has 2 aliphatic heterocycles. The van der Waals surface area contributed by atoms with Gasteiger partial charge >= 0.3 is 17.5 Å². The van der Waals surface area contributed by atoms with Gasteiger partial charge in [0.1, 0.15) is 11.9 Å². The van der Waals surface area contributed by atoms with E-state index in [0.29, 0.717) is 30.2 Å². The summed E-state index contributed by atoms with van der Waals surface area (Å²) in [4.78, 5) is 56.2. The quantitative estimate of drug-likeness (QED) is 0.538. The summed E-state index contributed by atoms with van der Waals surface area (Å²) in [5, 5.41) is 2.60. The Hall–Kier alpha value is -4.42. The van der Waals surface area contributed by atoms with Crippen molar-refractivity contribution < 1.29 is 18.7 Å². The molecule has 3 aromatic rings. The molecule has 5 rings (SSSR count). The number of nitrogens with zero attached hydrogens (tertiary/aromatic N) is 6. The van der Waals surface area contributed by atoms with Crippen LogP contribution in [-0.2, 0) is 22.6 Å². The number of hydrogen-bond donors (Lipinski definition) is 1. The Morgan fingerprint density at radius 1 is 1.03 bits per heavy atom. The van der Waals surface area contributed by atoms with Crippen molar-refractivity contribution in [1.29, 1.82) is 0 Å².